The number of hydrogen-bond donors (Lipinski definition) is 0. The number of rotatable bonds is 20. The number of benzene rings is 1. The Bertz CT molecular complexity index is 433. The van der Waals surface area contributed by atoms with Crippen LogP contribution in [-0.4, -0.2) is 46.2 Å². The zero-order chi connectivity index (χ0) is 20.1. The highest BCUT2D eigenvalue weighted by Crippen LogP contribution is 2.15. The van der Waals surface area contributed by atoms with Crippen LogP contribution in [0.4, 0.5) is 0 Å². The molecule has 0 atom stereocenters. The van der Waals surface area contributed by atoms with E-state index in [1.165, 1.54) is 56.9 Å². The molecule has 1 aromatic carbocycles. The molecule has 1 aromatic rings. The summed E-state index contributed by atoms with van der Waals surface area (Å²) in [4.78, 5) is 0. The topological polar surface area (TPSA) is 36.9 Å². The summed E-state index contributed by atoms with van der Waals surface area (Å²) in [5.41, 5.74) is 1.40. The Labute approximate surface area is 172 Å². The smallest absolute Gasteiger partial charge is 0.119 e. The van der Waals surface area contributed by atoms with Gasteiger partial charge >= 0.3 is 0 Å². The lowest BCUT2D eigenvalue weighted by atomic mass is 10.0. The maximum atomic E-state index is 5.73. The van der Waals surface area contributed by atoms with Crippen molar-refractivity contribution in [3.63, 3.8) is 0 Å². The summed E-state index contributed by atoms with van der Waals surface area (Å²) >= 11 is 0. The first-order chi connectivity index (χ1) is 13.9. The van der Waals surface area contributed by atoms with E-state index < -0.39 is 0 Å². The first kappa shape index (κ1) is 24.9. The van der Waals surface area contributed by atoms with E-state index in [2.05, 4.69) is 38.1 Å². The van der Waals surface area contributed by atoms with E-state index >= 15 is 0 Å². The maximum absolute atomic E-state index is 5.73. The van der Waals surface area contributed by atoms with Crippen molar-refractivity contribution in [2.75, 3.05) is 46.2 Å². The fourth-order valence-electron chi connectivity index (χ4n) is 2.94. The van der Waals surface area contributed by atoms with E-state index in [1.54, 1.807) is 0 Å². The van der Waals surface area contributed by atoms with Gasteiger partial charge in [0.15, 0.2) is 0 Å². The van der Waals surface area contributed by atoms with Gasteiger partial charge in [-0.05, 0) is 37.0 Å². The van der Waals surface area contributed by atoms with Gasteiger partial charge in [0.2, 0.25) is 0 Å². The predicted molar refractivity (Wildman–Crippen MR) is 116 cm³/mol. The maximum Gasteiger partial charge on any atom is 0.119 e. The lowest BCUT2D eigenvalue weighted by molar-refractivity contribution is 0.00945. The number of hydrogen-bond acceptors (Lipinski definition) is 4. The average molecular weight is 395 g/mol. The molecule has 0 amide bonds. The molecule has 0 aliphatic rings. The van der Waals surface area contributed by atoms with Crippen LogP contribution in [0.15, 0.2) is 24.3 Å². The predicted octanol–water partition coefficient (Wildman–Crippen LogP) is 5.82. The van der Waals surface area contributed by atoms with Crippen LogP contribution < -0.4 is 4.74 Å². The van der Waals surface area contributed by atoms with Crippen LogP contribution in [0, 0.1) is 0 Å². The Morgan fingerprint density at radius 2 is 1.07 bits per heavy atom. The van der Waals surface area contributed by atoms with E-state index in [-0.39, 0.29) is 0 Å². The quantitative estimate of drug-likeness (QED) is 0.261. The Kier molecular flexibility index (Phi) is 17.1. The van der Waals surface area contributed by atoms with Gasteiger partial charge in [-0.2, -0.15) is 0 Å². The van der Waals surface area contributed by atoms with Gasteiger partial charge in [0.1, 0.15) is 12.4 Å². The monoisotopic (exact) mass is 394 g/mol. The van der Waals surface area contributed by atoms with Crippen molar-refractivity contribution < 1.29 is 18.9 Å². The second-order valence-corrected chi connectivity index (χ2v) is 7.20. The van der Waals surface area contributed by atoms with E-state index in [9.17, 15) is 0 Å². The van der Waals surface area contributed by atoms with Crippen LogP contribution in [0.1, 0.15) is 70.8 Å². The van der Waals surface area contributed by atoms with E-state index in [0.717, 1.165) is 18.8 Å². The standard InChI is InChI=1S/C24H42O4/c1-3-5-6-7-8-9-10-11-23-12-14-24(15-13-23)28-22-21-27-20-19-26-18-17-25-16-4-2/h12-15H,3-11,16-22H2,1-2H3. The Morgan fingerprint density at radius 1 is 0.536 bits per heavy atom. The summed E-state index contributed by atoms with van der Waals surface area (Å²) in [5.74, 6) is 0.913. The van der Waals surface area contributed by atoms with Crippen LogP contribution >= 0.6 is 0 Å². The summed E-state index contributed by atoms with van der Waals surface area (Å²) in [6, 6.07) is 8.50. The molecule has 162 valence electrons. The van der Waals surface area contributed by atoms with Gasteiger partial charge in [0, 0.05) is 6.61 Å². The van der Waals surface area contributed by atoms with E-state index in [1.807, 2.05) is 0 Å². The van der Waals surface area contributed by atoms with Gasteiger partial charge in [-0.15, -0.1) is 0 Å². The molecule has 0 unspecified atom stereocenters. The molecule has 0 spiro atoms. The highest BCUT2D eigenvalue weighted by atomic mass is 16.6. The summed E-state index contributed by atoms with van der Waals surface area (Å²) in [7, 11) is 0. The van der Waals surface area contributed by atoms with Gasteiger partial charge in [-0.25, -0.2) is 0 Å². The number of aryl methyl sites for hydroxylation is 1. The minimum absolute atomic E-state index is 0.566. The first-order valence-corrected chi connectivity index (χ1v) is 11.3. The zero-order valence-corrected chi connectivity index (χ0v) is 18.3. The van der Waals surface area contributed by atoms with Gasteiger partial charge in [-0.1, -0.05) is 64.5 Å². The Balaban J connectivity index is 1.93. The normalized spacial score (nSPS) is 11.1. The van der Waals surface area contributed by atoms with Crippen molar-refractivity contribution in [1.82, 2.24) is 0 Å². The van der Waals surface area contributed by atoms with Gasteiger partial charge in [-0.3, -0.25) is 0 Å². The molecule has 0 saturated carbocycles. The summed E-state index contributed by atoms with van der Waals surface area (Å²) in [5, 5.41) is 0. The van der Waals surface area contributed by atoms with Crippen molar-refractivity contribution in [2.24, 2.45) is 0 Å². The molecular weight excluding hydrogens is 352 g/mol. The molecule has 0 heterocycles. The third kappa shape index (κ3) is 14.9. The van der Waals surface area contributed by atoms with Gasteiger partial charge in [0.25, 0.3) is 0 Å². The highest BCUT2D eigenvalue weighted by molar-refractivity contribution is 5.27. The molecule has 0 aliphatic carbocycles. The molecule has 4 nitrogen and oxygen atoms in total. The lowest BCUT2D eigenvalue weighted by Crippen LogP contribution is -2.12. The molecule has 1 rings (SSSR count). The van der Waals surface area contributed by atoms with Crippen LogP contribution in [-0.2, 0) is 20.6 Å². The SMILES string of the molecule is CCCCCCCCCc1ccc(OCCOCCOCCOCCC)cc1. The summed E-state index contributed by atoms with van der Waals surface area (Å²) in [6.07, 6.45) is 11.7. The molecule has 0 N–H and O–H groups in total. The minimum atomic E-state index is 0.566. The highest BCUT2D eigenvalue weighted by Gasteiger charge is 1.98. The molecule has 0 aliphatic heterocycles. The third-order valence-corrected chi connectivity index (χ3v) is 4.58. The lowest BCUT2D eigenvalue weighted by Gasteiger charge is -2.09. The van der Waals surface area contributed by atoms with Crippen LogP contribution in [0.3, 0.4) is 0 Å². The fraction of sp³-hybridized carbons (Fsp3) is 0.750. The van der Waals surface area contributed by atoms with Crippen LogP contribution in [0.2, 0.25) is 0 Å². The fourth-order valence-corrected chi connectivity index (χ4v) is 2.94. The van der Waals surface area contributed by atoms with Crippen molar-refractivity contribution in [3.8, 4) is 5.75 Å². The minimum Gasteiger partial charge on any atom is -0.491 e. The summed E-state index contributed by atoms with van der Waals surface area (Å²) < 4.78 is 22.0. The summed E-state index contributed by atoms with van der Waals surface area (Å²) in [6.45, 7) is 8.79. The zero-order valence-electron chi connectivity index (χ0n) is 18.3. The Hall–Kier alpha value is -1.10. The van der Waals surface area contributed by atoms with Crippen molar-refractivity contribution in [1.29, 1.82) is 0 Å². The molecule has 28 heavy (non-hydrogen) atoms. The van der Waals surface area contributed by atoms with Crippen molar-refractivity contribution in [2.45, 2.75) is 71.6 Å². The largest absolute Gasteiger partial charge is 0.491 e. The van der Waals surface area contributed by atoms with Crippen LogP contribution in [0.25, 0.3) is 0 Å². The second kappa shape index (κ2) is 19.2. The molecule has 0 aromatic heterocycles. The van der Waals surface area contributed by atoms with E-state index in [4.69, 9.17) is 18.9 Å². The molecular formula is C24H42O4. The molecule has 0 bridgehead atoms. The number of ether oxygens (including phenoxy) is 4. The molecule has 0 fully saturated rings. The molecule has 4 heteroatoms. The van der Waals surface area contributed by atoms with Gasteiger partial charge in [0.05, 0.1) is 33.0 Å². The molecule has 0 saturated heterocycles. The van der Waals surface area contributed by atoms with Crippen LogP contribution in [0.5, 0.6) is 5.75 Å². The van der Waals surface area contributed by atoms with Crippen molar-refractivity contribution >= 4 is 0 Å². The van der Waals surface area contributed by atoms with Crippen molar-refractivity contribution in [3.05, 3.63) is 29.8 Å². The first-order valence-electron chi connectivity index (χ1n) is 11.3. The van der Waals surface area contributed by atoms with Gasteiger partial charge < -0.3 is 18.9 Å². The average Bonchev–Trinajstić information content (AvgIpc) is 2.72. The Morgan fingerprint density at radius 3 is 1.68 bits per heavy atom. The number of unbranched alkanes of at least 4 members (excludes halogenated alkanes) is 6. The third-order valence-electron chi connectivity index (χ3n) is 4.58. The van der Waals surface area contributed by atoms with E-state index in [0.29, 0.717) is 39.6 Å². The molecule has 0 radical (unpaired) electrons. The second-order valence-electron chi connectivity index (χ2n) is 7.20.